The van der Waals surface area contributed by atoms with Crippen LogP contribution in [0, 0.1) is 19.8 Å². The standard InChI is InChI=1S/C14H19NO4/c1-9-8-19-10(2)12(9)13(16)15-6-4-11(5-7-15)14(17)18-3/h8,11H,4-7H2,1-3H3. The van der Waals surface area contributed by atoms with E-state index < -0.39 is 0 Å². The van der Waals surface area contributed by atoms with Crippen molar-refractivity contribution in [2.75, 3.05) is 20.2 Å². The quantitative estimate of drug-likeness (QED) is 0.766. The van der Waals surface area contributed by atoms with Gasteiger partial charge in [-0.2, -0.15) is 0 Å². The molecule has 1 aliphatic rings. The molecule has 0 radical (unpaired) electrons. The highest BCUT2D eigenvalue weighted by Gasteiger charge is 2.30. The van der Waals surface area contributed by atoms with Crippen molar-refractivity contribution in [3.8, 4) is 0 Å². The molecule has 0 N–H and O–H groups in total. The van der Waals surface area contributed by atoms with Crippen LogP contribution in [-0.2, 0) is 9.53 Å². The number of hydrogen-bond donors (Lipinski definition) is 0. The fourth-order valence-corrected chi connectivity index (χ4v) is 2.53. The van der Waals surface area contributed by atoms with E-state index >= 15 is 0 Å². The van der Waals surface area contributed by atoms with Gasteiger partial charge in [-0.25, -0.2) is 0 Å². The van der Waals surface area contributed by atoms with Crippen LogP contribution in [-0.4, -0.2) is 37.0 Å². The maximum atomic E-state index is 12.4. The number of piperidine rings is 1. The lowest BCUT2D eigenvalue weighted by molar-refractivity contribution is -0.146. The van der Waals surface area contributed by atoms with Gasteiger partial charge in [0, 0.05) is 18.7 Å². The van der Waals surface area contributed by atoms with Crippen molar-refractivity contribution in [3.05, 3.63) is 23.2 Å². The average molecular weight is 265 g/mol. The summed E-state index contributed by atoms with van der Waals surface area (Å²) < 4.78 is 10.0. The normalized spacial score (nSPS) is 16.5. The monoisotopic (exact) mass is 265 g/mol. The second kappa shape index (κ2) is 5.47. The predicted molar refractivity (Wildman–Crippen MR) is 68.8 cm³/mol. The molecule has 1 fully saturated rings. The third-order valence-electron chi connectivity index (χ3n) is 3.69. The Morgan fingerprint density at radius 3 is 2.42 bits per heavy atom. The van der Waals surface area contributed by atoms with Crippen molar-refractivity contribution in [3.63, 3.8) is 0 Å². The lowest BCUT2D eigenvalue weighted by atomic mass is 9.96. The summed E-state index contributed by atoms with van der Waals surface area (Å²) in [4.78, 5) is 25.6. The molecule has 0 aromatic carbocycles. The average Bonchev–Trinajstić information content (AvgIpc) is 2.77. The van der Waals surface area contributed by atoms with E-state index in [1.54, 1.807) is 18.1 Å². The summed E-state index contributed by atoms with van der Waals surface area (Å²) in [6.07, 6.45) is 2.92. The van der Waals surface area contributed by atoms with Crippen molar-refractivity contribution in [2.45, 2.75) is 26.7 Å². The largest absolute Gasteiger partial charge is 0.469 e. The number of likely N-dealkylation sites (tertiary alicyclic amines) is 1. The number of ether oxygens (including phenoxy) is 1. The maximum absolute atomic E-state index is 12.4. The first-order valence-corrected chi connectivity index (χ1v) is 6.46. The minimum atomic E-state index is -0.178. The van der Waals surface area contributed by atoms with Gasteiger partial charge in [-0.15, -0.1) is 0 Å². The topological polar surface area (TPSA) is 59.8 Å². The number of methoxy groups -OCH3 is 1. The molecule has 1 aromatic rings. The Morgan fingerprint density at radius 1 is 1.32 bits per heavy atom. The summed E-state index contributed by atoms with van der Waals surface area (Å²) in [5, 5.41) is 0. The summed E-state index contributed by atoms with van der Waals surface area (Å²) in [5.41, 5.74) is 1.51. The van der Waals surface area contributed by atoms with Gasteiger partial charge < -0.3 is 14.1 Å². The maximum Gasteiger partial charge on any atom is 0.308 e. The van der Waals surface area contributed by atoms with Crippen molar-refractivity contribution in [2.24, 2.45) is 5.92 Å². The minimum absolute atomic E-state index is 0.00735. The van der Waals surface area contributed by atoms with E-state index in [4.69, 9.17) is 9.15 Å². The lowest BCUT2D eigenvalue weighted by Crippen LogP contribution is -2.40. The first-order valence-electron chi connectivity index (χ1n) is 6.46. The Kier molecular flexibility index (Phi) is 3.93. The number of esters is 1. The number of amides is 1. The zero-order chi connectivity index (χ0) is 14.0. The number of furan rings is 1. The molecule has 1 amide bonds. The van der Waals surface area contributed by atoms with Gasteiger partial charge in [-0.1, -0.05) is 0 Å². The molecular weight excluding hydrogens is 246 g/mol. The molecule has 2 heterocycles. The highest BCUT2D eigenvalue weighted by molar-refractivity contribution is 5.96. The van der Waals surface area contributed by atoms with Crippen molar-refractivity contribution in [1.29, 1.82) is 0 Å². The van der Waals surface area contributed by atoms with Crippen LogP contribution in [0.3, 0.4) is 0 Å². The van der Waals surface area contributed by atoms with Crippen molar-refractivity contribution in [1.82, 2.24) is 4.90 Å². The summed E-state index contributed by atoms with van der Waals surface area (Å²) in [6, 6.07) is 0. The molecule has 0 aliphatic carbocycles. The number of carbonyl (C=O) groups excluding carboxylic acids is 2. The molecule has 1 aromatic heterocycles. The lowest BCUT2D eigenvalue weighted by Gasteiger charge is -2.30. The molecule has 1 saturated heterocycles. The fourth-order valence-electron chi connectivity index (χ4n) is 2.53. The first kappa shape index (κ1) is 13.6. The highest BCUT2D eigenvalue weighted by atomic mass is 16.5. The number of hydrogen-bond acceptors (Lipinski definition) is 4. The molecule has 5 nitrogen and oxygen atoms in total. The van der Waals surface area contributed by atoms with Gasteiger partial charge in [0.25, 0.3) is 5.91 Å². The molecular formula is C14H19NO4. The summed E-state index contributed by atoms with van der Waals surface area (Å²) in [5.74, 6) is 0.382. The number of carbonyl (C=O) groups is 2. The van der Waals surface area contributed by atoms with E-state index in [2.05, 4.69) is 0 Å². The number of rotatable bonds is 2. The Morgan fingerprint density at radius 2 is 1.95 bits per heavy atom. The molecule has 2 rings (SSSR count). The zero-order valence-corrected chi connectivity index (χ0v) is 11.6. The molecule has 5 heteroatoms. The molecule has 104 valence electrons. The SMILES string of the molecule is COC(=O)C1CCN(C(=O)c2c(C)coc2C)CC1. The Hall–Kier alpha value is -1.78. The van der Waals surface area contributed by atoms with Crippen LogP contribution in [0.1, 0.15) is 34.5 Å². The van der Waals surface area contributed by atoms with Gasteiger partial charge in [0.2, 0.25) is 0 Å². The Bertz CT molecular complexity index is 464. The van der Waals surface area contributed by atoms with Gasteiger partial charge in [-0.05, 0) is 26.7 Å². The molecule has 0 spiro atoms. The molecule has 0 saturated carbocycles. The second-order valence-electron chi connectivity index (χ2n) is 4.94. The van der Waals surface area contributed by atoms with Crippen LogP contribution in [0.2, 0.25) is 0 Å². The van der Waals surface area contributed by atoms with Gasteiger partial charge in [0.05, 0.1) is 24.9 Å². The summed E-state index contributed by atoms with van der Waals surface area (Å²) in [6.45, 7) is 4.83. The molecule has 0 unspecified atom stereocenters. The van der Waals surface area contributed by atoms with E-state index in [0.717, 1.165) is 5.56 Å². The van der Waals surface area contributed by atoms with Crippen LogP contribution >= 0.6 is 0 Å². The first-order chi connectivity index (χ1) is 9.04. The zero-order valence-electron chi connectivity index (χ0n) is 11.6. The highest BCUT2D eigenvalue weighted by Crippen LogP contribution is 2.23. The molecule has 19 heavy (non-hydrogen) atoms. The summed E-state index contributed by atoms with van der Waals surface area (Å²) in [7, 11) is 1.40. The molecule has 0 atom stereocenters. The van der Waals surface area contributed by atoms with Crippen LogP contribution in [0.4, 0.5) is 0 Å². The van der Waals surface area contributed by atoms with Gasteiger partial charge in [0.15, 0.2) is 0 Å². The van der Waals surface area contributed by atoms with E-state index in [-0.39, 0.29) is 17.8 Å². The minimum Gasteiger partial charge on any atom is -0.469 e. The van der Waals surface area contributed by atoms with E-state index in [9.17, 15) is 9.59 Å². The predicted octanol–water partition coefficient (Wildman–Crippen LogP) is 1.92. The third kappa shape index (κ3) is 2.64. The van der Waals surface area contributed by atoms with Crippen molar-refractivity contribution >= 4 is 11.9 Å². The number of nitrogens with zero attached hydrogens (tertiary/aromatic N) is 1. The smallest absolute Gasteiger partial charge is 0.308 e. The number of aryl methyl sites for hydroxylation is 2. The van der Waals surface area contributed by atoms with Crippen LogP contribution in [0.5, 0.6) is 0 Å². The van der Waals surface area contributed by atoms with E-state index in [1.807, 2.05) is 6.92 Å². The van der Waals surface area contributed by atoms with Crippen LogP contribution in [0.15, 0.2) is 10.7 Å². The van der Waals surface area contributed by atoms with Crippen molar-refractivity contribution < 1.29 is 18.7 Å². The second-order valence-corrected chi connectivity index (χ2v) is 4.94. The summed E-state index contributed by atoms with van der Waals surface area (Å²) >= 11 is 0. The fraction of sp³-hybridized carbons (Fsp3) is 0.571. The van der Waals surface area contributed by atoms with Gasteiger partial charge in [0.1, 0.15) is 5.76 Å². The van der Waals surface area contributed by atoms with Gasteiger partial charge in [-0.3, -0.25) is 9.59 Å². The molecule has 1 aliphatic heterocycles. The molecule has 0 bridgehead atoms. The van der Waals surface area contributed by atoms with Gasteiger partial charge >= 0.3 is 5.97 Å². The Balaban J connectivity index is 2.02. The van der Waals surface area contributed by atoms with Crippen LogP contribution in [0.25, 0.3) is 0 Å². The van der Waals surface area contributed by atoms with Crippen LogP contribution < -0.4 is 0 Å². The third-order valence-corrected chi connectivity index (χ3v) is 3.69. The van der Waals surface area contributed by atoms with E-state index in [1.165, 1.54) is 7.11 Å². The Labute approximate surface area is 112 Å². The van der Waals surface area contributed by atoms with E-state index in [0.29, 0.717) is 37.3 Å².